The summed E-state index contributed by atoms with van der Waals surface area (Å²) in [6, 6.07) is 10.5. The van der Waals surface area contributed by atoms with E-state index in [0.29, 0.717) is 0 Å². The molecule has 1 rings (SSSR count). The molecule has 1 aromatic carbocycles. The van der Waals surface area contributed by atoms with Gasteiger partial charge >= 0.3 is 0 Å². The highest BCUT2D eigenvalue weighted by atomic mass is 28.4. The van der Waals surface area contributed by atoms with Gasteiger partial charge in [0.2, 0.25) is 8.32 Å². The summed E-state index contributed by atoms with van der Waals surface area (Å²) >= 11 is 0. The molecule has 0 fully saturated rings. The SMILES string of the molecule is CCCCCCCCCC[Si](C)c1ccc(O[Si](C)(C)C(C)(C)C)cc1. The van der Waals surface area contributed by atoms with Crippen molar-refractivity contribution in [3.05, 3.63) is 24.3 Å². The van der Waals surface area contributed by atoms with Gasteiger partial charge in [-0.2, -0.15) is 0 Å². The van der Waals surface area contributed by atoms with Crippen molar-refractivity contribution in [3.8, 4) is 5.75 Å². The summed E-state index contributed by atoms with van der Waals surface area (Å²) in [6.07, 6.45) is 11.3. The first-order valence-electron chi connectivity index (χ1n) is 10.8. The molecule has 0 heterocycles. The Bertz CT molecular complexity index is 488. The lowest BCUT2D eigenvalue weighted by Gasteiger charge is -2.36. The fourth-order valence-electron chi connectivity index (χ4n) is 2.92. The quantitative estimate of drug-likeness (QED) is 0.264. The van der Waals surface area contributed by atoms with Crippen molar-refractivity contribution in [2.24, 2.45) is 0 Å². The van der Waals surface area contributed by atoms with E-state index in [4.69, 9.17) is 4.43 Å². The molecule has 0 bridgehead atoms. The maximum absolute atomic E-state index is 6.40. The Morgan fingerprint density at radius 3 is 1.85 bits per heavy atom. The van der Waals surface area contributed by atoms with Crippen LogP contribution in [0.2, 0.25) is 30.7 Å². The van der Waals surface area contributed by atoms with Gasteiger partial charge in [0.15, 0.2) is 0 Å². The maximum atomic E-state index is 6.40. The molecular weight excluding hydrogens is 348 g/mol. The van der Waals surface area contributed by atoms with Crippen LogP contribution in [0.3, 0.4) is 0 Å². The van der Waals surface area contributed by atoms with Gasteiger partial charge in [0.1, 0.15) is 5.75 Å². The topological polar surface area (TPSA) is 9.23 Å². The molecule has 0 saturated heterocycles. The lowest BCUT2D eigenvalue weighted by molar-refractivity contribution is 0.492. The zero-order valence-corrected chi connectivity index (χ0v) is 20.6. The van der Waals surface area contributed by atoms with Crippen LogP contribution < -0.4 is 9.61 Å². The van der Waals surface area contributed by atoms with Gasteiger partial charge in [0.25, 0.3) is 0 Å². The van der Waals surface area contributed by atoms with Crippen molar-refractivity contribution < 1.29 is 4.43 Å². The third kappa shape index (κ3) is 8.43. The zero-order valence-electron chi connectivity index (χ0n) is 18.6. The van der Waals surface area contributed by atoms with E-state index >= 15 is 0 Å². The second-order valence-electron chi connectivity index (χ2n) is 9.39. The summed E-state index contributed by atoms with van der Waals surface area (Å²) in [6.45, 7) is 16.3. The van der Waals surface area contributed by atoms with Crippen LogP contribution in [0.25, 0.3) is 0 Å². The molecule has 0 saturated carbocycles. The van der Waals surface area contributed by atoms with Crippen molar-refractivity contribution in [2.45, 2.75) is 110 Å². The fraction of sp³-hybridized carbons (Fsp3) is 0.739. The molecule has 26 heavy (non-hydrogen) atoms. The number of unbranched alkanes of at least 4 members (excludes halogenated alkanes) is 7. The van der Waals surface area contributed by atoms with E-state index in [-0.39, 0.29) is 5.04 Å². The van der Waals surface area contributed by atoms with Crippen molar-refractivity contribution in [2.75, 3.05) is 0 Å². The Labute approximate surface area is 166 Å². The van der Waals surface area contributed by atoms with E-state index in [2.05, 4.69) is 71.6 Å². The van der Waals surface area contributed by atoms with Gasteiger partial charge in [-0.25, -0.2) is 0 Å². The molecule has 149 valence electrons. The largest absolute Gasteiger partial charge is 0.544 e. The molecule has 0 atom stereocenters. The first kappa shape index (κ1) is 23.5. The average Bonchev–Trinajstić information content (AvgIpc) is 2.56. The van der Waals surface area contributed by atoms with Crippen LogP contribution >= 0.6 is 0 Å². The summed E-state index contributed by atoms with van der Waals surface area (Å²) in [4.78, 5) is 0. The zero-order chi connectivity index (χ0) is 19.6. The van der Waals surface area contributed by atoms with E-state index in [1.807, 2.05) is 0 Å². The van der Waals surface area contributed by atoms with Gasteiger partial charge in [0.05, 0.1) is 8.80 Å². The Kier molecular flexibility index (Phi) is 10.2. The smallest absolute Gasteiger partial charge is 0.250 e. The van der Waals surface area contributed by atoms with Crippen LogP contribution in [0.4, 0.5) is 0 Å². The molecule has 0 N–H and O–H groups in total. The first-order chi connectivity index (χ1) is 12.2. The van der Waals surface area contributed by atoms with Crippen molar-refractivity contribution in [1.82, 2.24) is 0 Å². The van der Waals surface area contributed by atoms with E-state index in [9.17, 15) is 0 Å². The molecular formula is C23H43OSi2. The van der Waals surface area contributed by atoms with Crippen LogP contribution in [0, 0.1) is 0 Å². The molecule has 0 aliphatic heterocycles. The van der Waals surface area contributed by atoms with Gasteiger partial charge in [-0.05, 0) is 30.3 Å². The normalized spacial score (nSPS) is 12.6. The van der Waals surface area contributed by atoms with Crippen LogP contribution in [-0.2, 0) is 0 Å². The predicted octanol–water partition coefficient (Wildman–Crippen LogP) is 7.54. The molecule has 0 aliphatic rings. The Balaban J connectivity index is 2.34. The van der Waals surface area contributed by atoms with Gasteiger partial charge < -0.3 is 4.43 Å². The van der Waals surface area contributed by atoms with E-state index in [1.54, 1.807) is 5.19 Å². The number of benzene rings is 1. The molecule has 1 nitrogen and oxygen atoms in total. The maximum Gasteiger partial charge on any atom is 0.250 e. The average molecular weight is 392 g/mol. The summed E-state index contributed by atoms with van der Waals surface area (Å²) in [5.41, 5.74) is 0. The van der Waals surface area contributed by atoms with Crippen LogP contribution in [0.1, 0.15) is 79.1 Å². The summed E-state index contributed by atoms with van der Waals surface area (Å²) < 4.78 is 6.40. The number of hydrogen-bond donors (Lipinski definition) is 0. The molecule has 0 amide bonds. The molecule has 1 aromatic rings. The summed E-state index contributed by atoms with van der Waals surface area (Å²) in [7, 11) is -2.12. The summed E-state index contributed by atoms with van der Waals surface area (Å²) in [5.74, 6) is 1.06. The van der Waals surface area contributed by atoms with E-state index in [0.717, 1.165) is 5.75 Å². The van der Waals surface area contributed by atoms with E-state index < -0.39 is 17.1 Å². The molecule has 0 spiro atoms. The minimum atomic E-state index is -1.72. The highest BCUT2D eigenvalue weighted by Gasteiger charge is 2.38. The molecule has 0 unspecified atom stereocenters. The number of hydrogen-bond acceptors (Lipinski definition) is 1. The molecule has 3 heteroatoms. The van der Waals surface area contributed by atoms with Gasteiger partial charge in [-0.3, -0.25) is 0 Å². The molecule has 0 aliphatic carbocycles. The van der Waals surface area contributed by atoms with Crippen molar-refractivity contribution >= 4 is 22.3 Å². The van der Waals surface area contributed by atoms with Crippen LogP contribution in [0.5, 0.6) is 5.75 Å². The van der Waals surface area contributed by atoms with Gasteiger partial charge in [0, 0.05) is 0 Å². The minimum Gasteiger partial charge on any atom is -0.544 e. The Morgan fingerprint density at radius 2 is 1.35 bits per heavy atom. The molecule has 1 radical (unpaired) electrons. The Hall–Kier alpha value is -0.546. The van der Waals surface area contributed by atoms with E-state index in [1.165, 1.54) is 57.4 Å². The predicted molar refractivity (Wildman–Crippen MR) is 123 cm³/mol. The van der Waals surface area contributed by atoms with Gasteiger partial charge in [-0.1, -0.05) is 109 Å². The standard InChI is InChI=1S/C23H43OSi2/c1-8-9-10-11-12-13-14-15-20-25(5)22-18-16-21(17-19-22)24-26(6,7)23(2,3)4/h16-19H,8-15,20H2,1-7H3. The highest BCUT2D eigenvalue weighted by Crippen LogP contribution is 2.37. The molecule has 0 aromatic heterocycles. The highest BCUT2D eigenvalue weighted by molar-refractivity contribution is 6.74. The lowest BCUT2D eigenvalue weighted by atomic mass is 10.1. The second-order valence-corrected chi connectivity index (χ2v) is 16.8. The van der Waals surface area contributed by atoms with Crippen molar-refractivity contribution in [1.29, 1.82) is 0 Å². The van der Waals surface area contributed by atoms with Gasteiger partial charge in [-0.15, -0.1) is 0 Å². The first-order valence-corrected chi connectivity index (χ1v) is 15.9. The second kappa shape index (κ2) is 11.3. The fourth-order valence-corrected chi connectivity index (χ4v) is 5.76. The third-order valence-electron chi connectivity index (χ3n) is 5.93. The summed E-state index contributed by atoms with van der Waals surface area (Å²) in [5, 5.41) is 1.81. The lowest BCUT2D eigenvalue weighted by Crippen LogP contribution is -2.43. The third-order valence-corrected chi connectivity index (χ3v) is 12.7. The Morgan fingerprint density at radius 1 is 0.846 bits per heavy atom. The van der Waals surface area contributed by atoms with Crippen molar-refractivity contribution in [3.63, 3.8) is 0 Å². The monoisotopic (exact) mass is 391 g/mol. The number of rotatable bonds is 12. The van der Waals surface area contributed by atoms with Crippen LogP contribution in [-0.4, -0.2) is 17.1 Å². The van der Waals surface area contributed by atoms with Crippen LogP contribution in [0.15, 0.2) is 24.3 Å². The minimum absolute atomic E-state index is 0.252.